The van der Waals surface area contributed by atoms with Crippen molar-refractivity contribution in [2.45, 2.75) is 13.3 Å². The summed E-state index contributed by atoms with van der Waals surface area (Å²) in [5.41, 5.74) is 6.38. The highest BCUT2D eigenvalue weighted by atomic mass is 16.5. The molecule has 0 amide bonds. The zero-order valence-corrected chi connectivity index (χ0v) is 9.86. The fraction of sp³-hybridized carbons (Fsp3) is 0.500. The van der Waals surface area contributed by atoms with Gasteiger partial charge in [-0.25, -0.2) is 0 Å². The summed E-state index contributed by atoms with van der Waals surface area (Å²) in [5.74, 6) is 1.44. The van der Waals surface area contributed by atoms with Gasteiger partial charge in [0.2, 0.25) is 0 Å². The Morgan fingerprint density at radius 3 is 2.69 bits per heavy atom. The number of benzene rings is 1. The third-order valence-electron chi connectivity index (χ3n) is 2.05. The molecule has 1 aromatic rings. The van der Waals surface area contributed by atoms with Gasteiger partial charge in [-0.2, -0.15) is 0 Å². The topological polar surface area (TPSA) is 53.7 Å². The van der Waals surface area contributed by atoms with Crippen LogP contribution in [-0.4, -0.2) is 26.9 Å². The quantitative estimate of drug-likeness (QED) is 0.570. The van der Waals surface area contributed by atoms with E-state index >= 15 is 0 Å². The van der Waals surface area contributed by atoms with Crippen molar-refractivity contribution < 1.29 is 14.2 Å². The van der Waals surface area contributed by atoms with E-state index in [-0.39, 0.29) is 0 Å². The zero-order valence-electron chi connectivity index (χ0n) is 9.86. The Hall–Kier alpha value is -1.42. The summed E-state index contributed by atoms with van der Waals surface area (Å²) in [4.78, 5) is 0. The van der Waals surface area contributed by atoms with Gasteiger partial charge in [-0.05, 0) is 19.1 Å². The predicted octanol–water partition coefficient (Wildman–Crippen LogP) is 2.08. The molecule has 4 nitrogen and oxygen atoms in total. The second kappa shape index (κ2) is 6.95. The van der Waals surface area contributed by atoms with Crippen molar-refractivity contribution in [3.8, 4) is 11.5 Å². The molecule has 0 aromatic heterocycles. The number of nitrogen functional groups attached to an aromatic ring is 1. The monoisotopic (exact) mass is 225 g/mol. The number of ether oxygens (including phenoxy) is 3. The van der Waals surface area contributed by atoms with E-state index in [1.54, 1.807) is 13.2 Å². The summed E-state index contributed by atoms with van der Waals surface area (Å²) in [5, 5.41) is 0. The van der Waals surface area contributed by atoms with E-state index in [0.29, 0.717) is 31.3 Å². The first-order valence-electron chi connectivity index (χ1n) is 5.42. The summed E-state index contributed by atoms with van der Waals surface area (Å²) in [6, 6.07) is 5.44. The molecule has 0 aliphatic rings. The van der Waals surface area contributed by atoms with Crippen molar-refractivity contribution >= 4 is 5.69 Å². The molecule has 0 radical (unpaired) electrons. The Morgan fingerprint density at radius 1 is 1.19 bits per heavy atom. The van der Waals surface area contributed by atoms with E-state index in [1.807, 2.05) is 19.1 Å². The maximum absolute atomic E-state index is 5.75. The Morgan fingerprint density at radius 2 is 2.00 bits per heavy atom. The Labute approximate surface area is 96.3 Å². The maximum Gasteiger partial charge on any atom is 0.145 e. The normalized spacial score (nSPS) is 10.1. The molecule has 1 rings (SSSR count). The van der Waals surface area contributed by atoms with Crippen molar-refractivity contribution in [3.05, 3.63) is 18.2 Å². The van der Waals surface area contributed by atoms with Crippen LogP contribution in [0.25, 0.3) is 0 Å². The Balaban J connectivity index is 2.50. The molecule has 0 aliphatic carbocycles. The van der Waals surface area contributed by atoms with E-state index in [2.05, 4.69) is 0 Å². The van der Waals surface area contributed by atoms with Gasteiger partial charge < -0.3 is 19.9 Å². The van der Waals surface area contributed by atoms with E-state index in [9.17, 15) is 0 Å². The van der Waals surface area contributed by atoms with Gasteiger partial charge in [0.05, 0.1) is 18.9 Å². The van der Waals surface area contributed by atoms with Crippen molar-refractivity contribution in [2.24, 2.45) is 0 Å². The third kappa shape index (κ3) is 3.98. The van der Waals surface area contributed by atoms with Crippen molar-refractivity contribution in [3.63, 3.8) is 0 Å². The molecular formula is C12H19NO3. The predicted molar refractivity (Wildman–Crippen MR) is 64.0 cm³/mol. The molecule has 0 aliphatic heterocycles. The van der Waals surface area contributed by atoms with Gasteiger partial charge in [-0.1, -0.05) is 0 Å². The van der Waals surface area contributed by atoms with Crippen LogP contribution in [0.5, 0.6) is 11.5 Å². The average Bonchev–Trinajstić information content (AvgIpc) is 2.29. The van der Waals surface area contributed by atoms with Crippen molar-refractivity contribution in [1.82, 2.24) is 0 Å². The fourth-order valence-corrected chi connectivity index (χ4v) is 1.28. The van der Waals surface area contributed by atoms with Crippen LogP contribution in [-0.2, 0) is 4.74 Å². The van der Waals surface area contributed by atoms with Crippen molar-refractivity contribution in [2.75, 3.05) is 32.7 Å². The van der Waals surface area contributed by atoms with Crippen LogP contribution in [0.4, 0.5) is 5.69 Å². The highest BCUT2D eigenvalue weighted by molar-refractivity contribution is 5.55. The smallest absolute Gasteiger partial charge is 0.145 e. The van der Waals surface area contributed by atoms with Crippen molar-refractivity contribution in [1.29, 1.82) is 0 Å². The zero-order chi connectivity index (χ0) is 11.8. The number of rotatable bonds is 7. The minimum Gasteiger partial charge on any atom is -0.493 e. The van der Waals surface area contributed by atoms with E-state index in [1.165, 1.54) is 0 Å². The highest BCUT2D eigenvalue weighted by Gasteiger charge is 2.02. The van der Waals surface area contributed by atoms with Crippen LogP contribution < -0.4 is 15.2 Å². The number of hydrogen-bond acceptors (Lipinski definition) is 4. The molecule has 0 atom stereocenters. The molecule has 16 heavy (non-hydrogen) atoms. The molecule has 0 fully saturated rings. The minimum absolute atomic E-state index is 0.595. The molecule has 1 aromatic carbocycles. The summed E-state index contributed by atoms with van der Waals surface area (Å²) in [6.45, 7) is 3.85. The number of hydrogen-bond donors (Lipinski definition) is 1. The van der Waals surface area contributed by atoms with Gasteiger partial charge >= 0.3 is 0 Å². The molecule has 90 valence electrons. The summed E-state index contributed by atoms with van der Waals surface area (Å²) in [7, 11) is 1.68. The molecule has 2 N–H and O–H groups in total. The maximum atomic E-state index is 5.75. The third-order valence-corrected chi connectivity index (χ3v) is 2.05. The fourth-order valence-electron chi connectivity index (χ4n) is 1.28. The van der Waals surface area contributed by atoms with Crippen LogP contribution in [0.1, 0.15) is 13.3 Å². The second-order valence-electron chi connectivity index (χ2n) is 3.33. The number of anilines is 1. The van der Waals surface area contributed by atoms with Gasteiger partial charge in [-0.3, -0.25) is 0 Å². The lowest BCUT2D eigenvalue weighted by Gasteiger charge is -2.10. The number of methoxy groups -OCH3 is 1. The summed E-state index contributed by atoms with van der Waals surface area (Å²) < 4.78 is 15.8. The van der Waals surface area contributed by atoms with Gasteiger partial charge in [0.25, 0.3) is 0 Å². The molecule has 0 saturated heterocycles. The molecule has 0 unspecified atom stereocenters. The van der Waals surface area contributed by atoms with Gasteiger partial charge in [0.1, 0.15) is 11.5 Å². The molecule has 0 heterocycles. The molecule has 0 bridgehead atoms. The SMILES string of the molecule is CCOc1cc(OCCCOC)ccc1N. The van der Waals surface area contributed by atoms with E-state index in [4.69, 9.17) is 19.9 Å². The lowest BCUT2D eigenvalue weighted by Crippen LogP contribution is -2.02. The lowest BCUT2D eigenvalue weighted by atomic mass is 10.3. The largest absolute Gasteiger partial charge is 0.493 e. The van der Waals surface area contributed by atoms with Crippen LogP contribution in [0.15, 0.2) is 18.2 Å². The first kappa shape index (κ1) is 12.6. The van der Waals surface area contributed by atoms with Crippen LogP contribution in [0.2, 0.25) is 0 Å². The summed E-state index contributed by atoms with van der Waals surface area (Å²) >= 11 is 0. The summed E-state index contributed by atoms with van der Waals surface area (Å²) in [6.07, 6.45) is 0.866. The minimum atomic E-state index is 0.595. The first-order chi connectivity index (χ1) is 7.77. The van der Waals surface area contributed by atoms with Gasteiger partial charge in [-0.15, -0.1) is 0 Å². The van der Waals surface area contributed by atoms with Crippen LogP contribution in [0.3, 0.4) is 0 Å². The molecule has 4 heteroatoms. The first-order valence-corrected chi connectivity index (χ1v) is 5.42. The van der Waals surface area contributed by atoms with E-state index in [0.717, 1.165) is 12.2 Å². The van der Waals surface area contributed by atoms with Crippen LogP contribution >= 0.6 is 0 Å². The van der Waals surface area contributed by atoms with E-state index < -0.39 is 0 Å². The molecular weight excluding hydrogens is 206 g/mol. The average molecular weight is 225 g/mol. The van der Waals surface area contributed by atoms with Crippen LogP contribution in [0, 0.1) is 0 Å². The standard InChI is InChI=1S/C12H19NO3/c1-3-15-12-9-10(5-6-11(12)13)16-8-4-7-14-2/h5-6,9H,3-4,7-8,13H2,1-2H3. The Bertz CT molecular complexity index is 315. The number of nitrogens with two attached hydrogens (primary N) is 1. The molecule has 0 spiro atoms. The second-order valence-corrected chi connectivity index (χ2v) is 3.33. The molecule has 0 saturated carbocycles. The van der Waals surface area contributed by atoms with Gasteiger partial charge in [0, 0.05) is 26.2 Å². The highest BCUT2D eigenvalue weighted by Crippen LogP contribution is 2.26. The van der Waals surface area contributed by atoms with Gasteiger partial charge in [0.15, 0.2) is 0 Å². The lowest BCUT2D eigenvalue weighted by molar-refractivity contribution is 0.172. The Kier molecular flexibility index (Phi) is 5.50.